The molecule has 122 valence electrons. The Morgan fingerprint density at radius 2 is 1.81 bits per heavy atom. The molecule has 1 aliphatic heterocycles. The number of likely N-dealkylation sites (N-methyl/N-ethyl adjacent to an activating group) is 1. The van der Waals surface area contributed by atoms with E-state index in [-0.39, 0.29) is 0 Å². The molecule has 2 rings (SSSR count). The fourth-order valence-corrected chi connectivity index (χ4v) is 3.42. The van der Waals surface area contributed by atoms with Crippen molar-refractivity contribution in [3.63, 3.8) is 0 Å². The highest BCUT2D eigenvalue weighted by Gasteiger charge is 2.24. The minimum Gasteiger partial charge on any atom is -0.370 e. The number of aliphatic imine (C=N–C) groups is 1. The molecule has 0 bridgehead atoms. The normalized spacial score (nSPS) is 24.7. The summed E-state index contributed by atoms with van der Waals surface area (Å²) in [4.78, 5) is 9.61. The second-order valence-corrected chi connectivity index (χ2v) is 7.00. The van der Waals surface area contributed by atoms with E-state index in [1.807, 2.05) is 0 Å². The van der Waals surface area contributed by atoms with Crippen LogP contribution in [-0.2, 0) is 0 Å². The summed E-state index contributed by atoms with van der Waals surface area (Å²) >= 11 is 0. The molecule has 1 unspecified atom stereocenters. The average molecular weight is 295 g/mol. The Labute approximate surface area is 130 Å². The number of hydrogen-bond acceptors (Lipinski definition) is 3. The van der Waals surface area contributed by atoms with E-state index in [1.54, 1.807) is 0 Å². The molecule has 0 aromatic rings. The van der Waals surface area contributed by atoms with Crippen molar-refractivity contribution in [1.82, 2.24) is 15.1 Å². The molecule has 2 aliphatic rings. The molecule has 1 saturated heterocycles. The van der Waals surface area contributed by atoms with E-state index >= 15 is 0 Å². The third-order valence-electron chi connectivity index (χ3n) is 4.93. The largest absolute Gasteiger partial charge is 0.370 e. The van der Waals surface area contributed by atoms with Gasteiger partial charge in [-0.15, -0.1) is 0 Å². The molecule has 0 amide bonds. The Morgan fingerprint density at radius 1 is 1.19 bits per heavy atom. The molecule has 1 aliphatic carbocycles. The van der Waals surface area contributed by atoms with Crippen LogP contribution in [0.15, 0.2) is 4.99 Å². The zero-order chi connectivity index (χ0) is 15.2. The maximum Gasteiger partial charge on any atom is 0.188 e. The predicted molar refractivity (Wildman–Crippen MR) is 89.6 cm³/mol. The summed E-state index contributed by atoms with van der Waals surface area (Å²) in [7, 11) is 2.20. The SMILES string of the molecule is CC(C)C(CN=C(N)NC1CCCC1)N1CCN(C)CC1. The van der Waals surface area contributed by atoms with Crippen LogP contribution in [0.25, 0.3) is 0 Å². The number of nitrogens with two attached hydrogens (primary N) is 1. The summed E-state index contributed by atoms with van der Waals surface area (Å²) in [5.74, 6) is 1.25. The van der Waals surface area contributed by atoms with Gasteiger partial charge in [0.1, 0.15) is 0 Å². The quantitative estimate of drug-likeness (QED) is 0.589. The standard InChI is InChI=1S/C16H33N5/c1-13(2)15(21-10-8-20(3)9-11-21)12-18-16(17)19-14-6-4-5-7-14/h13-15H,4-12H2,1-3H3,(H3,17,18,19). The molecule has 0 aromatic heterocycles. The fourth-order valence-electron chi connectivity index (χ4n) is 3.42. The molecular weight excluding hydrogens is 262 g/mol. The Bertz CT molecular complexity index is 328. The van der Waals surface area contributed by atoms with E-state index in [9.17, 15) is 0 Å². The van der Waals surface area contributed by atoms with Crippen molar-refractivity contribution in [2.24, 2.45) is 16.6 Å². The first-order chi connectivity index (χ1) is 10.1. The Balaban J connectivity index is 1.83. The molecule has 21 heavy (non-hydrogen) atoms. The lowest BCUT2D eigenvalue weighted by molar-refractivity contribution is 0.0925. The summed E-state index contributed by atoms with van der Waals surface area (Å²) in [6, 6.07) is 1.05. The van der Waals surface area contributed by atoms with Gasteiger partial charge in [0.05, 0.1) is 6.54 Å². The minimum absolute atomic E-state index is 0.502. The van der Waals surface area contributed by atoms with E-state index < -0.39 is 0 Å². The Morgan fingerprint density at radius 3 is 2.38 bits per heavy atom. The molecule has 1 heterocycles. The summed E-state index contributed by atoms with van der Waals surface area (Å²) in [6.07, 6.45) is 5.12. The van der Waals surface area contributed by atoms with Gasteiger partial charge in [0, 0.05) is 38.3 Å². The molecule has 0 aromatic carbocycles. The van der Waals surface area contributed by atoms with Crippen molar-refractivity contribution in [3.8, 4) is 0 Å². The van der Waals surface area contributed by atoms with Crippen LogP contribution in [-0.4, -0.2) is 67.6 Å². The smallest absolute Gasteiger partial charge is 0.188 e. The van der Waals surface area contributed by atoms with Crippen molar-refractivity contribution in [3.05, 3.63) is 0 Å². The number of nitrogens with one attached hydrogen (secondary N) is 1. The second-order valence-electron chi connectivity index (χ2n) is 7.00. The van der Waals surface area contributed by atoms with Crippen LogP contribution in [0.4, 0.5) is 0 Å². The van der Waals surface area contributed by atoms with Crippen LogP contribution in [0, 0.1) is 5.92 Å². The highest BCUT2D eigenvalue weighted by atomic mass is 15.3. The minimum atomic E-state index is 0.502. The van der Waals surface area contributed by atoms with Crippen molar-refractivity contribution in [2.75, 3.05) is 39.8 Å². The molecule has 3 N–H and O–H groups in total. The molecule has 5 nitrogen and oxygen atoms in total. The molecule has 1 atom stereocenters. The van der Waals surface area contributed by atoms with Crippen LogP contribution in [0.5, 0.6) is 0 Å². The van der Waals surface area contributed by atoms with E-state index in [2.05, 4.69) is 41.0 Å². The summed E-state index contributed by atoms with van der Waals surface area (Å²) < 4.78 is 0. The topological polar surface area (TPSA) is 56.9 Å². The van der Waals surface area contributed by atoms with E-state index in [0.29, 0.717) is 24.0 Å². The molecule has 2 fully saturated rings. The van der Waals surface area contributed by atoms with Crippen LogP contribution in [0.2, 0.25) is 0 Å². The number of hydrogen-bond donors (Lipinski definition) is 2. The second kappa shape index (κ2) is 7.99. The van der Waals surface area contributed by atoms with Gasteiger partial charge in [-0.25, -0.2) is 0 Å². The van der Waals surface area contributed by atoms with Gasteiger partial charge in [0.2, 0.25) is 0 Å². The maximum atomic E-state index is 6.07. The van der Waals surface area contributed by atoms with Gasteiger partial charge in [-0.2, -0.15) is 0 Å². The van der Waals surface area contributed by atoms with Crippen molar-refractivity contribution in [1.29, 1.82) is 0 Å². The number of nitrogens with zero attached hydrogens (tertiary/aromatic N) is 3. The molecule has 0 radical (unpaired) electrons. The number of piperazine rings is 1. The van der Waals surface area contributed by atoms with E-state index in [0.717, 1.165) is 32.7 Å². The fraction of sp³-hybridized carbons (Fsp3) is 0.938. The average Bonchev–Trinajstić information content (AvgIpc) is 2.93. The van der Waals surface area contributed by atoms with Crippen molar-refractivity contribution < 1.29 is 0 Å². The molecule has 0 spiro atoms. The van der Waals surface area contributed by atoms with Gasteiger partial charge >= 0.3 is 0 Å². The van der Waals surface area contributed by atoms with Gasteiger partial charge < -0.3 is 16.0 Å². The van der Waals surface area contributed by atoms with Crippen molar-refractivity contribution in [2.45, 2.75) is 51.6 Å². The Hall–Kier alpha value is -0.810. The van der Waals surface area contributed by atoms with Gasteiger partial charge in [-0.05, 0) is 25.8 Å². The highest BCUT2D eigenvalue weighted by Crippen LogP contribution is 2.17. The maximum absolute atomic E-state index is 6.07. The lowest BCUT2D eigenvalue weighted by Gasteiger charge is -2.39. The zero-order valence-electron chi connectivity index (χ0n) is 14.0. The van der Waals surface area contributed by atoms with Crippen LogP contribution < -0.4 is 11.1 Å². The third-order valence-corrected chi connectivity index (χ3v) is 4.93. The third kappa shape index (κ3) is 5.15. The van der Waals surface area contributed by atoms with Gasteiger partial charge in [-0.1, -0.05) is 26.7 Å². The first-order valence-corrected chi connectivity index (χ1v) is 8.55. The monoisotopic (exact) mass is 295 g/mol. The molecule has 5 heteroatoms. The van der Waals surface area contributed by atoms with Crippen LogP contribution in [0.1, 0.15) is 39.5 Å². The lowest BCUT2D eigenvalue weighted by atomic mass is 10.0. The Kier molecular flexibility index (Phi) is 6.30. The van der Waals surface area contributed by atoms with Gasteiger partial charge in [0.15, 0.2) is 5.96 Å². The van der Waals surface area contributed by atoms with Gasteiger partial charge in [0.25, 0.3) is 0 Å². The number of guanidine groups is 1. The van der Waals surface area contributed by atoms with Gasteiger partial charge in [-0.3, -0.25) is 9.89 Å². The summed E-state index contributed by atoms with van der Waals surface area (Å²) in [5, 5.41) is 3.38. The predicted octanol–water partition coefficient (Wildman–Crippen LogP) is 1.11. The zero-order valence-corrected chi connectivity index (χ0v) is 14.0. The summed E-state index contributed by atoms with van der Waals surface area (Å²) in [5.41, 5.74) is 6.07. The van der Waals surface area contributed by atoms with Crippen LogP contribution in [0.3, 0.4) is 0 Å². The molecular formula is C16H33N5. The number of rotatable bonds is 5. The first-order valence-electron chi connectivity index (χ1n) is 8.55. The van der Waals surface area contributed by atoms with E-state index in [4.69, 9.17) is 5.73 Å². The van der Waals surface area contributed by atoms with E-state index in [1.165, 1.54) is 25.7 Å². The van der Waals surface area contributed by atoms with Crippen LogP contribution >= 0.6 is 0 Å². The summed E-state index contributed by atoms with van der Waals surface area (Å²) in [6.45, 7) is 9.99. The molecule has 1 saturated carbocycles. The lowest BCUT2D eigenvalue weighted by Crippen LogP contribution is -2.52. The first kappa shape index (κ1) is 16.6. The van der Waals surface area contributed by atoms with Crippen molar-refractivity contribution >= 4 is 5.96 Å². The highest BCUT2D eigenvalue weighted by molar-refractivity contribution is 5.78.